The summed E-state index contributed by atoms with van der Waals surface area (Å²) < 4.78 is 2.93. The normalized spacial score (nSPS) is 10.7. The first-order valence-corrected chi connectivity index (χ1v) is 7.61. The van der Waals surface area contributed by atoms with Crippen molar-refractivity contribution in [1.29, 1.82) is 0 Å². The van der Waals surface area contributed by atoms with Gasteiger partial charge in [0.2, 0.25) is 0 Å². The fourth-order valence-corrected chi connectivity index (χ4v) is 2.85. The molecule has 0 fully saturated rings. The lowest BCUT2D eigenvalue weighted by atomic mass is 10.1. The van der Waals surface area contributed by atoms with E-state index in [4.69, 9.17) is 12.2 Å². The van der Waals surface area contributed by atoms with Crippen LogP contribution >= 0.6 is 12.2 Å². The van der Waals surface area contributed by atoms with Crippen molar-refractivity contribution in [3.8, 4) is 11.3 Å². The van der Waals surface area contributed by atoms with Gasteiger partial charge < -0.3 is 9.55 Å². The smallest absolute Gasteiger partial charge is 0.177 e. The maximum absolute atomic E-state index is 5.46. The van der Waals surface area contributed by atoms with Gasteiger partial charge in [-0.25, -0.2) is 0 Å². The highest BCUT2D eigenvalue weighted by Crippen LogP contribution is 2.21. The van der Waals surface area contributed by atoms with Crippen LogP contribution in [0.3, 0.4) is 0 Å². The molecule has 0 atom stereocenters. The number of aromatic amines is 1. The summed E-state index contributed by atoms with van der Waals surface area (Å²) in [5, 5.41) is 0. The Labute approximate surface area is 130 Å². The largest absolute Gasteiger partial charge is 0.337 e. The van der Waals surface area contributed by atoms with Gasteiger partial charge in [-0.2, -0.15) is 0 Å². The van der Waals surface area contributed by atoms with E-state index in [0.717, 1.165) is 23.4 Å². The summed E-state index contributed by atoms with van der Waals surface area (Å²) >= 11 is 5.46. The number of aromatic nitrogens is 2. The van der Waals surface area contributed by atoms with Gasteiger partial charge in [0.15, 0.2) is 4.77 Å². The highest BCUT2D eigenvalue weighted by molar-refractivity contribution is 7.71. The standard InChI is InChI=1S/C18H18N2S/c1-2-14-8-6-7-11-16(14)13-20-17(12-19-18(20)21)15-9-4-3-5-10-15/h3-12H,2,13H2,1H3,(H,19,21). The highest BCUT2D eigenvalue weighted by atomic mass is 32.1. The number of nitrogens with zero attached hydrogens (tertiary/aromatic N) is 1. The van der Waals surface area contributed by atoms with Crippen LogP contribution in [0, 0.1) is 4.77 Å². The summed E-state index contributed by atoms with van der Waals surface area (Å²) in [6.07, 6.45) is 3.03. The summed E-state index contributed by atoms with van der Waals surface area (Å²) in [5.74, 6) is 0. The molecule has 1 heterocycles. The van der Waals surface area contributed by atoms with Gasteiger partial charge in [0.05, 0.1) is 12.2 Å². The highest BCUT2D eigenvalue weighted by Gasteiger charge is 2.08. The summed E-state index contributed by atoms with van der Waals surface area (Å²) in [7, 11) is 0. The number of aryl methyl sites for hydroxylation is 1. The van der Waals surface area contributed by atoms with E-state index in [-0.39, 0.29) is 0 Å². The van der Waals surface area contributed by atoms with Gasteiger partial charge >= 0.3 is 0 Å². The summed E-state index contributed by atoms with van der Waals surface area (Å²) in [6, 6.07) is 18.9. The molecular formula is C18H18N2S. The van der Waals surface area contributed by atoms with Crippen molar-refractivity contribution in [1.82, 2.24) is 9.55 Å². The second kappa shape index (κ2) is 6.10. The van der Waals surface area contributed by atoms with E-state index in [1.807, 2.05) is 12.3 Å². The Morgan fingerprint density at radius 1 is 0.952 bits per heavy atom. The third-order valence-electron chi connectivity index (χ3n) is 3.77. The molecule has 3 rings (SSSR count). The molecule has 0 bridgehead atoms. The molecule has 0 saturated carbocycles. The van der Waals surface area contributed by atoms with Crippen LogP contribution < -0.4 is 0 Å². The average Bonchev–Trinajstić information content (AvgIpc) is 2.90. The van der Waals surface area contributed by atoms with Crippen molar-refractivity contribution in [3.63, 3.8) is 0 Å². The van der Waals surface area contributed by atoms with Gasteiger partial charge in [-0.3, -0.25) is 0 Å². The number of nitrogens with one attached hydrogen (secondary N) is 1. The third-order valence-corrected chi connectivity index (χ3v) is 4.10. The van der Waals surface area contributed by atoms with E-state index in [1.54, 1.807) is 0 Å². The Kier molecular flexibility index (Phi) is 4.02. The quantitative estimate of drug-likeness (QED) is 0.684. The SMILES string of the molecule is CCc1ccccc1Cn1c(-c2ccccc2)c[nH]c1=S. The topological polar surface area (TPSA) is 20.7 Å². The van der Waals surface area contributed by atoms with E-state index in [2.05, 4.69) is 65.0 Å². The minimum atomic E-state index is 0.764. The second-order valence-corrected chi connectivity index (χ2v) is 5.44. The molecule has 1 aromatic heterocycles. The molecule has 0 amide bonds. The lowest BCUT2D eigenvalue weighted by Gasteiger charge is -2.12. The van der Waals surface area contributed by atoms with E-state index in [9.17, 15) is 0 Å². The Bertz CT molecular complexity index is 784. The van der Waals surface area contributed by atoms with E-state index < -0.39 is 0 Å². The zero-order valence-electron chi connectivity index (χ0n) is 12.0. The maximum atomic E-state index is 5.46. The fraction of sp³-hybridized carbons (Fsp3) is 0.167. The van der Waals surface area contributed by atoms with Crippen molar-refractivity contribution in [3.05, 3.63) is 76.7 Å². The van der Waals surface area contributed by atoms with Crippen LogP contribution in [0.5, 0.6) is 0 Å². The molecule has 0 unspecified atom stereocenters. The fourth-order valence-electron chi connectivity index (χ4n) is 2.63. The molecule has 2 nitrogen and oxygen atoms in total. The van der Waals surface area contributed by atoms with Crippen molar-refractivity contribution >= 4 is 12.2 Å². The summed E-state index contributed by atoms with van der Waals surface area (Å²) in [6.45, 7) is 2.99. The number of rotatable bonds is 4. The number of hydrogen-bond acceptors (Lipinski definition) is 1. The van der Waals surface area contributed by atoms with Crippen molar-refractivity contribution in [2.75, 3.05) is 0 Å². The molecular weight excluding hydrogens is 276 g/mol. The van der Waals surface area contributed by atoms with Crippen LogP contribution in [0.2, 0.25) is 0 Å². The summed E-state index contributed by atoms with van der Waals surface area (Å²) in [5.41, 5.74) is 5.01. The van der Waals surface area contributed by atoms with Crippen LogP contribution in [0.4, 0.5) is 0 Å². The van der Waals surface area contributed by atoms with Crippen LogP contribution in [-0.4, -0.2) is 9.55 Å². The number of imidazole rings is 1. The number of benzene rings is 2. The molecule has 0 saturated heterocycles. The Hall–Kier alpha value is -2.13. The van der Waals surface area contributed by atoms with Crippen molar-refractivity contribution in [2.24, 2.45) is 0 Å². The monoisotopic (exact) mass is 294 g/mol. The molecule has 0 radical (unpaired) electrons. The molecule has 3 aromatic rings. The Morgan fingerprint density at radius 2 is 1.62 bits per heavy atom. The first-order valence-electron chi connectivity index (χ1n) is 7.20. The van der Waals surface area contributed by atoms with E-state index >= 15 is 0 Å². The molecule has 2 aromatic carbocycles. The molecule has 1 N–H and O–H groups in total. The first kappa shape index (κ1) is 13.8. The zero-order valence-corrected chi connectivity index (χ0v) is 12.9. The van der Waals surface area contributed by atoms with Gasteiger partial charge in [0, 0.05) is 6.20 Å². The van der Waals surface area contributed by atoms with Crippen LogP contribution in [0.1, 0.15) is 18.1 Å². The second-order valence-electron chi connectivity index (χ2n) is 5.05. The molecule has 0 spiro atoms. The lowest BCUT2D eigenvalue weighted by Crippen LogP contribution is -2.04. The van der Waals surface area contributed by atoms with Gasteiger partial charge in [-0.1, -0.05) is 61.5 Å². The Morgan fingerprint density at radius 3 is 2.33 bits per heavy atom. The van der Waals surface area contributed by atoms with Crippen molar-refractivity contribution < 1.29 is 0 Å². The van der Waals surface area contributed by atoms with Crippen LogP contribution in [0.25, 0.3) is 11.3 Å². The van der Waals surface area contributed by atoms with Crippen LogP contribution in [-0.2, 0) is 13.0 Å². The van der Waals surface area contributed by atoms with E-state index in [0.29, 0.717) is 0 Å². The van der Waals surface area contributed by atoms with Gasteiger partial charge in [0.1, 0.15) is 0 Å². The van der Waals surface area contributed by atoms with E-state index in [1.165, 1.54) is 16.7 Å². The summed E-state index contributed by atoms with van der Waals surface area (Å²) in [4.78, 5) is 3.17. The maximum Gasteiger partial charge on any atom is 0.177 e. The predicted octanol–water partition coefficient (Wildman–Crippen LogP) is 4.82. The first-order chi connectivity index (χ1) is 10.3. The predicted molar refractivity (Wildman–Crippen MR) is 90.0 cm³/mol. The number of hydrogen-bond donors (Lipinski definition) is 1. The molecule has 0 aliphatic rings. The minimum Gasteiger partial charge on any atom is -0.337 e. The van der Waals surface area contributed by atoms with Crippen LogP contribution in [0.15, 0.2) is 60.8 Å². The number of H-pyrrole nitrogens is 1. The molecule has 3 heteroatoms. The molecule has 0 aliphatic heterocycles. The van der Waals surface area contributed by atoms with Gasteiger partial charge in [-0.15, -0.1) is 0 Å². The van der Waals surface area contributed by atoms with Gasteiger partial charge in [0.25, 0.3) is 0 Å². The molecule has 106 valence electrons. The minimum absolute atomic E-state index is 0.764. The third kappa shape index (κ3) is 2.83. The molecule has 21 heavy (non-hydrogen) atoms. The molecule has 0 aliphatic carbocycles. The average molecular weight is 294 g/mol. The lowest BCUT2D eigenvalue weighted by molar-refractivity contribution is 0.781. The zero-order chi connectivity index (χ0) is 14.7. The van der Waals surface area contributed by atoms with Gasteiger partial charge in [-0.05, 0) is 35.3 Å². The van der Waals surface area contributed by atoms with Crippen molar-refractivity contribution in [2.45, 2.75) is 19.9 Å². The Balaban J connectivity index is 2.04.